The van der Waals surface area contributed by atoms with E-state index >= 15 is 0 Å². The lowest BCUT2D eigenvalue weighted by Gasteiger charge is -2.32. The van der Waals surface area contributed by atoms with Crippen LogP contribution < -0.4 is 4.74 Å². The maximum absolute atomic E-state index is 12.3. The molecule has 0 N–H and O–H groups in total. The van der Waals surface area contributed by atoms with Gasteiger partial charge in [-0.25, -0.2) is 0 Å². The molecule has 1 atom stereocenters. The Hall–Kier alpha value is -2.31. The molecule has 0 radical (unpaired) electrons. The molecule has 0 bridgehead atoms. The van der Waals surface area contributed by atoms with Crippen LogP contribution in [0.15, 0.2) is 54.6 Å². The maximum atomic E-state index is 12.3. The Bertz CT molecular complexity index is 801. The minimum Gasteiger partial charge on any atom is -0.466 e. The third-order valence-corrected chi connectivity index (χ3v) is 5.58. The predicted molar refractivity (Wildman–Crippen MR) is 113 cm³/mol. The summed E-state index contributed by atoms with van der Waals surface area (Å²) in [5, 5.41) is 0. The van der Waals surface area contributed by atoms with Crippen LogP contribution in [-0.4, -0.2) is 30.9 Å². The molecule has 0 aliphatic carbocycles. The molecule has 0 amide bonds. The molecular weight excluding hydrogens is 367 g/mol. The molecule has 1 saturated heterocycles. The maximum Gasteiger partial charge on any atom is 0.466 e. The molecule has 154 valence electrons. The fraction of sp³-hybridized carbons (Fsp3) is 0.435. The highest BCUT2D eigenvalue weighted by Gasteiger charge is 2.54. The van der Waals surface area contributed by atoms with Gasteiger partial charge in [0, 0.05) is 5.82 Å². The summed E-state index contributed by atoms with van der Waals surface area (Å²) >= 11 is 0. The van der Waals surface area contributed by atoms with E-state index in [1.165, 1.54) is 0 Å². The molecule has 3 rings (SSSR count). The second kappa shape index (κ2) is 8.60. The Morgan fingerprint density at radius 3 is 2.03 bits per heavy atom. The highest BCUT2D eigenvalue weighted by atomic mass is 16.7. The number of carbonyl (C=O) groups excluding carboxylic acids is 1. The van der Waals surface area contributed by atoms with E-state index in [1.54, 1.807) is 6.92 Å². The van der Waals surface area contributed by atoms with Gasteiger partial charge >= 0.3 is 13.1 Å². The summed E-state index contributed by atoms with van der Waals surface area (Å²) in [4.78, 5) is 12.3. The van der Waals surface area contributed by atoms with E-state index in [-0.39, 0.29) is 18.2 Å². The number of hydrogen-bond donors (Lipinski definition) is 0. The van der Waals surface area contributed by atoms with Crippen molar-refractivity contribution in [3.8, 4) is 11.5 Å². The summed E-state index contributed by atoms with van der Waals surface area (Å²) in [6, 6.07) is 17.3. The number of rotatable bonds is 7. The molecule has 29 heavy (non-hydrogen) atoms. The first kappa shape index (κ1) is 21.4. The highest BCUT2D eigenvalue weighted by molar-refractivity contribution is 6.48. The fourth-order valence-corrected chi connectivity index (χ4v) is 3.23. The number of para-hydroxylation sites is 1. The van der Waals surface area contributed by atoms with Crippen LogP contribution in [0.4, 0.5) is 0 Å². The van der Waals surface area contributed by atoms with Crippen LogP contribution in [0.25, 0.3) is 0 Å². The Balaban J connectivity index is 1.81. The van der Waals surface area contributed by atoms with E-state index in [9.17, 15) is 4.79 Å². The van der Waals surface area contributed by atoms with Gasteiger partial charge in [0.25, 0.3) is 0 Å². The summed E-state index contributed by atoms with van der Waals surface area (Å²) in [6.45, 7) is 10.2. The van der Waals surface area contributed by atoms with E-state index in [0.717, 1.165) is 17.1 Å². The van der Waals surface area contributed by atoms with Crippen molar-refractivity contribution in [3.63, 3.8) is 0 Å². The summed E-state index contributed by atoms with van der Waals surface area (Å²) < 4.78 is 23.5. The monoisotopic (exact) mass is 396 g/mol. The molecule has 6 heteroatoms. The van der Waals surface area contributed by atoms with Crippen molar-refractivity contribution < 1.29 is 23.6 Å². The zero-order valence-corrected chi connectivity index (χ0v) is 17.8. The molecule has 0 saturated carbocycles. The van der Waals surface area contributed by atoms with Gasteiger partial charge in [0.05, 0.1) is 24.2 Å². The van der Waals surface area contributed by atoms with Crippen LogP contribution in [0.3, 0.4) is 0 Å². The van der Waals surface area contributed by atoms with Crippen molar-refractivity contribution >= 4 is 13.1 Å². The second-order valence-corrected chi connectivity index (χ2v) is 8.22. The fourth-order valence-electron chi connectivity index (χ4n) is 3.23. The number of ether oxygens (including phenoxy) is 2. The largest absolute Gasteiger partial charge is 0.466 e. The number of carbonyl (C=O) groups is 1. The van der Waals surface area contributed by atoms with Crippen LogP contribution >= 0.6 is 0 Å². The van der Waals surface area contributed by atoms with Crippen LogP contribution in [-0.2, 0) is 18.8 Å². The van der Waals surface area contributed by atoms with Gasteiger partial charge in [-0.2, -0.15) is 0 Å². The lowest BCUT2D eigenvalue weighted by atomic mass is 9.66. The quantitative estimate of drug-likeness (QED) is 0.479. The van der Waals surface area contributed by atoms with Gasteiger partial charge in [0.1, 0.15) is 11.5 Å². The topological polar surface area (TPSA) is 54.0 Å². The third-order valence-electron chi connectivity index (χ3n) is 5.58. The van der Waals surface area contributed by atoms with Crippen molar-refractivity contribution in [2.24, 2.45) is 0 Å². The SMILES string of the molecule is CCOC(=O)CC(B1OC(C)(C)C(C)(C)O1)c1ccc(Oc2ccccc2)cc1. The molecule has 5 nitrogen and oxygen atoms in total. The zero-order valence-electron chi connectivity index (χ0n) is 17.8. The van der Waals surface area contributed by atoms with Gasteiger partial charge in [-0.15, -0.1) is 0 Å². The van der Waals surface area contributed by atoms with Crippen LogP contribution in [0.2, 0.25) is 0 Å². The average molecular weight is 396 g/mol. The highest BCUT2D eigenvalue weighted by Crippen LogP contribution is 2.42. The van der Waals surface area contributed by atoms with Gasteiger partial charge in [-0.1, -0.05) is 30.3 Å². The molecule has 1 fully saturated rings. The van der Waals surface area contributed by atoms with Crippen molar-refractivity contribution in [2.45, 2.75) is 58.1 Å². The Kier molecular flexibility index (Phi) is 6.34. The number of hydrogen-bond acceptors (Lipinski definition) is 5. The van der Waals surface area contributed by atoms with E-state index in [0.29, 0.717) is 6.61 Å². The standard InChI is InChI=1S/C23H29BO5/c1-6-26-21(25)16-20(24-28-22(2,3)23(4,5)29-24)17-12-14-19(15-13-17)27-18-10-8-7-9-11-18/h7-15,20H,6,16H2,1-5H3. The predicted octanol–water partition coefficient (Wildman–Crippen LogP) is 5.15. The lowest BCUT2D eigenvalue weighted by molar-refractivity contribution is -0.143. The van der Waals surface area contributed by atoms with Crippen LogP contribution in [0.1, 0.15) is 52.4 Å². The van der Waals surface area contributed by atoms with E-state index in [4.69, 9.17) is 18.8 Å². The first-order valence-electron chi connectivity index (χ1n) is 10.1. The van der Waals surface area contributed by atoms with Gasteiger partial charge in [0.2, 0.25) is 0 Å². The van der Waals surface area contributed by atoms with Crippen LogP contribution in [0.5, 0.6) is 11.5 Å². The van der Waals surface area contributed by atoms with Gasteiger partial charge in [0.15, 0.2) is 0 Å². The summed E-state index contributed by atoms with van der Waals surface area (Å²) in [6.07, 6.45) is 0.184. The van der Waals surface area contributed by atoms with Gasteiger partial charge < -0.3 is 18.8 Å². The van der Waals surface area contributed by atoms with E-state index in [2.05, 4.69) is 0 Å². The molecule has 2 aromatic carbocycles. The first-order valence-corrected chi connectivity index (χ1v) is 10.1. The first-order chi connectivity index (χ1) is 13.7. The Morgan fingerprint density at radius 2 is 1.48 bits per heavy atom. The molecule has 1 aliphatic heterocycles. The minimum atomic E-state index is -0.537. The number of esters is 1. The van der Waals surface area contributed by atoms with Gasteiger partial charge in [-0.05, 0) is 64.4 Å². The summed E-state index contributed by atoms with van der Waals surface area (Å²) in [5.41, 5.74) is -0.000948. The molecule has 1 aliphatic rings. The average Bonchev–Trinajstić information content (AvgIpc) is 2.89. The molecule has 1 heterocycles. The number of benzene rings is 2. The van der Waals surface area contributed by atoms with Crippen molar-refractivity contribution in [2.75, 3.05) is 6.61 Å². The van der Waals surface area contributed by atoms with Crippen molar-refractivity contribution in [1.82, 2.24) is 0 Å². The summed E-state index contributed by atoms with van der Waals surface area (Å²) in [7, 11) is -0.537. The van der Waals surface area contributed by atoms with Crippen molar-refractivity contribution in [3.05, 3.63) is 60.2 Å². The molecule has 0 aromatic heterocycles. The molecule has 1 unspecified atom stereocenters. The molecule has 0 spiro atoms. The van der Waals surface area contributed by atoms with E-state index in [1.807, 2.05) is 82.3 Å². The third kappa shape index (κ3) is 5.00. The second-order valence-electron chi connectivity index (χ2n) is 8.22. The normalized spacial score (nSPS) is 18.3. The molecular formula is C23H29BO5. The minimum absolute atomic E-state index is 0.184. The summed E-state index contributed by atoms with van der Waals surface area (Å²) in [5.74, 6) is 0.954. The van der Waals surface area contributed by atoms with E-state index < -0.39 is 18.3 Å². The zero-order chi connectivity index (χ0) is 21.1. The van der Waals surface area contributed by atoms with Crippen LogP contribution in [0, 0.1) is 0 Å². The lowest BCUT2D eigenvalue weighted by Crippen LogP contribution is -2.41. The smallest absolute Gasteiger partial charge is 0.466 e. The Labute approximate surface area is 173 Å². The molecule has 2 aromatic rings. The van der Waals surface area contributed by atoms with Gasteiger partial charge in [-0.3, -0.25) is 4.79 Å². The Morgan fingerprint density at radius 1 is 0.931 bits per heavy atom. The van der Waals surface area contributed by atoms with Crippen molar-refractivity contribution in [1.29, 1.82) is 0 Å².